The van der Waals surface area contributed by atoms with Crippen molar-refractivity contribution in [1.82, 2.24) is 14.5 Å². The third kappa shape index (κ3) is 4.77. The average Bonchev–Trinajstić information content (AvgIpc) is 3.27. The number of ether oxygens (including phenoxy) is 2. The fourth-order valence-electron chi connectivity index (χ4n) is 6.49. The highest BCUT2D eigenvalue weighted by atomic mass is 16.5. The predicted molar refractivity (Wildman–Crippen MR) is 131 cm³/mol. The van der Waals surface area contributed by atoms with Crippen LogP contribution in [0.4, 0.5) is 4.79 Å². The normalized spacial score (nSPS) is 27.0. The Kier molecular flexibility index (Phi) is 7.00. The maximum Gasteiger partial charge on any atom is 0.409 e. The molecule has 1 N–H and O–H groups in total. The number of carbonyl (C=O) groups is 2. The van der Waals surface area contributed by atoms with Gasteiger partial charge in [0.15, 0.2) is 0 Å². The number of benzene rings is 1. The van der Waals surface area contributed by atoms with Crippen LogP contribution in [-0.4, -0.2) is 58.5 Å². The van der Waals surface area contributed by atoms with E-state index >= 15 is 0 Å². The first-order valence-electron chi connectivity index (χ1n) is 13.1. The highest BCUT2D eigenvalue weighted by Gasteiger charge is 2.33. The van der Waals surface area contributed by atoms with Crippen LogP contribution in [0.5, 0.6) is 0 Å². The molecule has 1 amide bonds. The number of aromatic nitrogens is 2. The molecule has 0 spiro atoms. The zero-order chi connectivity index (χ0) is 24.5. The van der Waals surface area contributed by atoms with Gasteiger partial charge in [0.1, 0.15) is 5.82 Å². The Morgan fingerprint density at radius 1 is 1.11 bits per heavy atom. The number of hydrogen-bond acceptors (Lipinski definition) is 5. The smallest absolute Gasteiger partial charge is 0.409 e. The van der Waals surface area contributed by atoms with Gasteiger partial charge in [0.2, 0.25) is 0 Å². The first kappa shape index (κ1) is 24.1. The van der Waals surface area contributed by atoms with Gasteiger partial charge in [-0.25, -0.2) is 9.78 Å². The zero-order valence-electron chi connectivity index (χ0n) is 20.9. The minimum absolute atomic E-state index is 0.142. The van der Waals surface area contributed by atoms with Crippen LogP contribution in [0.15, 0.2) is 12.1 Å². The molecule has 35 heavy (non-hydrogen) atoms. The minimum atomic E-state index is -0.693. The lowest BCUT2D eigenvalue weighted by Crippen LogP contribution is -2.35. The van der Waals surface area contributed by atoms with Crippen LogP contribution in [0.3, 0.4) is 0 Å². The summed E-state index contributed by atoms with van der Waals surface area (Å²) in [6.07, 6.45) is 8.53. The number of hydrogen-bond donors (Lipinski definition) is 1. The number of imidazole rings is 1. The van der Waals surface area contributed by atoms with Gasteiger partial charge in [0, 0.05) is 31.7 Å². The van der Waals surface area contributed by atoms with Crippen molar-refractivity contribution in [3.63, 3.8) is 0 Å². The second-order valence-corrected chi connectivity index (χ2v) is 10.6. The summed E-state index contributed by atoms with van der Waals surface area (Å²) in [5.74, 6) is 0.732. The number of fused-ring (bicyclic) bond motifs is 3. The molecular weight excluding hydrogens is 446 g/mol. The topological polar surface area (TPSA) is 93.9 Å². The van der Waals surface area contributed by atoms with Gasteiger partial charge in [-0.2, -0.15) is 0 Å². The molecule has 2 heterocycles. The molecule has 3 aliphatic rings. The van der Waals surface area contributed by atoms with E-state index in [0.29, 0.717) is 31.5 Å². The molecule has 0 bridgehead atoms. The number of carboxylic acid groups (broad SMARTS) is 1. The van der Waals surface area contributed by atoms with Crippen molar-refractivity contribution in [2.24, 2.45) is 11.8 Å². The summed E-state index contributed by atoms with van der Waals surface area (Å²) in [6.45, 7) is 2.04. The molecule has 2 fully saturated rings. The van der Waals surface area contributed by atoms with Gasteiger partial charge in [0.25, 0.3) is 0 Å². The van der Waals surface area contributed by atoms with E-state index in [1.54, 1.807) is 12.0 Å². The van der Waals surface area contributed by atoms with E-state index in [9.17, 15) is 14.7 Å². The molecule has 2 aliphatic carbocycles. The average molecular weight is 484 g/mol. The molecule has 190 valence electrons. The number of rotatable bonds is 5. The summed E-state index contributed by atoms with van der Waals surface area (Å²) >= 11 is 0. The van der Waals surface area contributed by atoms with Crippen molar-refractivity contribution in [3.05, 3.63) is 29.1 Å². The van der Waals surface area contributed by atoms with E-state index in [1.165, 1.54) is 12.7 Å². The van der Waals surface area contributed by atoms with E-state index in [2.05, 4.69) is 16.7 Å². The molecule has 1 aliphatic heterocycles. The fourth-order valence-corrected chi connectivity index (χ4v) is 6.49. The summed E-state index contributed by atoms with van der Waals surface area (Å²) in [7, 11) is 3.22. The van der Waals surface area contributed by atoms with Crippen LogP contribution in [0.1, 0.15) is 74.2 Å². The van der Waals surface area contributed by atoms with Gasteiger partial charge in [-0.1, -0.05) is 12.5 Å². The van der Waals surface area contributed by atoms with E-state index in [4.69, 9.17) is 14.5 Å². The molecule has 0 unspecified atom stereocenters. The lowest BCUT2D eigenvalue weighted by molar-refractivity contribution is -0.143. The molecule has 2 atom stereocenters. The molecular formula is C27H37N3O5. The van der Waals surface area contributed by atoms with Gasteiger partial charge in [0.05, 0.1) is 36.7 Å². The second-order valence-electron chi connectivity index (χ2n) is 10.6. The number of aliphatic carboxylic acids is 1. The lowest BCUT2D eigenvalue weighted by atomic mass is 9.81. The van der Waals surface area contributed by atoms with Gasteiger partial charge in [-0.3, -0.25) is 4.79 Å². The number of carboxylic acids is 1. The second kappa shape index (κ2) is 10.2. The number of amides is 1. The summed E-state index contributed by atoms with van der Waals surface area (Å²) in [6, 6.07) is 4.38. The summed E-state index contributed by atoms with van der Waals surface area (Å²) in [4.78, 5) is 31.0. The quantitative estimate of drug-likeness (QED) is 0.661. The lowest BCUT2D eigenvalue weighted by Gasteiger charge is -2.30. The Labute approximate surface area is 206 Å². The monoisotopic (exact) mass is 483 g/mol. The van der Waals surface area contributed by atoms with Crippen LogP contribution in [0.25, 0.3) is 11.0 Å². The molecule has 8 heteroatoms. The van der Waals surface area contributed by atoms with Crippen molar-refractivity contribution in [2.45, 2.75) is 82.9 Å². The standard InChI is InChI=1S/C27H37N3O5/c1-34-21-9-6-17(7-10-21)15-30-23-11-8-18-12-13-29(27(33)35-2)16-22(18)24(23)28-25(30)19-4-3-5-20(14-19)26(31)32/h8,11,17,19-21H,3-7,9-10,12-16H2,1-2H3,(H,31,32)/t17-,19-,20-,21-/m0/s1. The summed E-state index contributed by atoms with van der Waals surface area (Å²) in [5.41, 5.74) is 4.42. The first-order valence-corrected chi connectivity index (χ1v) is 13.1. The Morgan fingerprint density at radius 2 is 1.91 bits per heavy atom. The molecule has 0 radical (unpaired) electrons. The number of carbonyl (C=O) groups excluding carboxylic acids is 1. The Balaban J connectivity index is 1.53. The van der Waals surface area contributed by atoms with Crippen molar-refractivity contribution in [1.29, 1.82) is 0 Å². The third-order valence-electron chi connectivity index (χ3n) is 8.54. The number of methoxy groups -OCH3 is 2. The molecule has 2 aromatic rings. The maximum absolute atomic E-state index is 12.3. The first-order chi connectivity index (χ1) is 17.0. The summed E-state index contributed by atoms with van der Waals surface area (Å²) < 4.78 is 13.0. The van der Waals surface area contributed by atoms with E-state index in [-0.39, 0.29) is 17.9 Å². The fraction of sp³-hybridized carbons (Fsp3) is 0.667. The molecule has 1 aromatic carbocycles. The maximum atomic E-state index is 12.3. The van der Waals surface area contributed by atoms with Crippen LogP contribution < -0.4 is 0 Å². The zero-order valence-corrected chi connectivity index (χ0v) is 20.9. The van der Waals surface area contributed by atoms with Gasteiger partial charge >= 0.3 is 12.1 Å². The molecule has 0 saturated heterocycles. The van der Waals surface area contributed by atoms with Crippen LogP contribution >= 0.6 is 0 Å². The van der Waals surface area contributed by atoms with Crippen LogP contribution in [0, 0.1) is 11.8 Å². The highest BCUT2D eigenvalue weighted by Crippen LogP contribution is 2.40. The van der Waals surface area contributed by atoms with E-state index in [0.717, 1.165) is 80.3 Å². The number of nitrogens with zero attached hydrogens (tertiary/aromatic N) is 3. The molecule has 8 nitrogen and oxygen atoms in total. The molecule has 2 saturated carbocycles. The molecule has 1 aromatic heterocycles. The van der Waals surface area contributed by atoms with Gasteiger partial charge in [-0.05, 0) is 68.9 Å². The largest absolute Gasteiger partial charge is 0.481 e. The van der Waals surface area contributed by atoms with Crippen molar-refractivity contribution in [2.75, 3.05) is 20.8 Å². The SMILES string of the molecule is COC(=O)N1CCc2ccc3c(nc([C@H]4CCC[C@H](C(=O)O)C4)n3C[C@H]3CC[C@H](OC)CC3)c2C1. The van der Waals surface area contributed by atoms with Gasteiger partial charge in [-0.15, -0.1) is 0 Å². The Bertz CT molecular complexity index is 1090. The van der Waals surface area contributed by atoms with Crippen LogP contribution in [-0.2, 0) is 33.8 Å². The Hall–Kier alpha value is -2.61. The Morgan fingerprint density at radius 3 is 2.63 bits per heavy atom. The van der Waals surface area contributed by atoms with E-state index < -0.39 is 5.97 Å². The van der Waals surface area contributed by atoms with Gasteiger partial charge < -0.3 is 24.0 Å². The molecule has 5 rings (SSSR count). The van der Waals surface area contributed by atoms with E-state index in [1.807, 2.05) is 0 Å². The highest BCUT2D eigenvalue weighted by molar-refractivity contribution is 5.82. The van der Waals surface area contributed by atoms with Crippen molar-refractivity contribution in [3.8, 4) is 0 Å². The third-order valence-corrected chi connectivity index (χ3v) is 8.54. The van der Waals surface area contributed by atoms with Crippen molar-refractivity contribution < 1.29 is 24.2 Å². The van der Waals surface area contributed by atoms with Crippen molar-refractivity contribution >= 4 is 23.1 Å². The van der Waals surface area contributed by atoms with Crippen LogP contribution in [0.2, 0.25) is 0 Å². The predicted octanol–water partition coefficient (Wildman–Crippen LogP) is 4.72. The minimum Gasteiger partial charge on any atom is -0.481 e. The summed E-state index contributed by atoms with van der Waals surface area (Å²) in [5, 5.41) is 9.70.